The zero-order valence-electron chi connectivity index (χ0n) is 18.2. The highest BCUT2D eigenvalue weighted by molar-refractivity contribution is 7.89. The summed E-state index contributed by atoms with van der Waals surface area (Å²) in [6.07, 6.45) is 0.855. The van der Waals surface area contributed by atoms with Crippen LogP contribution in [-0.4, -0.2) is 21.4 Å². The maximum absolute atomic E-state index is 12.7. The summed E-state index contributed by atoms with van der Waals surface area (Å²) >= 11 is 0. The lowest BCUT2D eigenvalue weighted by atomic mass is 10.1. The van der Waals surface area contributed by atoms with E-state index in [0.29, 0.717) is 19.4 Å². The standard InChI is InChI=1S/C25H28N2O4S/c1-19(22-6-4-3-5-7-22)27-32(29,30)24-15-10-20(11-16-24)12-17-25(28)26-18-21-8-13-23(31-2)14-9-21/h3-11,13-16,19,27H,12,17-18H2,1-2H3,(H,26,28)/t19-/m1/s1. The molecule has 0 heterocycles. The van der Waals surface area contributed by atoms with Crippen LogP contribution >= 0.6 is 0 Å². The summed E-state index contributed by atoms with van der Waals surface area (Å²) in [6, 6.07) is 23.2. The van der Waals surface area contributed by atoms with Crippen LogP contribution in [0.4, 0.5) is 0 Å². The fourth-order valence-electron chi connectivity index (χ4n) is 3.24. The van der Waals surface area contributed by atoms with Gasteiger partial charge in [0.2, 0.25) is 15.9 Å². The zero-order chi connectivity index (χ0) is 23.0. The molecular weight excluding hydrogens is 424 g/mol. The molecule has 3 aromatic carbocycles. The van der Waals surface area contributed by atoms with Crippen LogP contribution in [0, 0.1) is 0 Å². The third-order valence-electron chi connectivity index (χ3n) is 5.15. The minimum absolute atomic E-state index is 0.0594. The summed E-state index contributed by atoms with van der Waals surface area (Å²) in [7, 11) is -2.03. The topological polar surface area (TPSA) is 84.5 Å². The van der Waals surface area contributed by atoms with Gasteiger partial charge >= 0.3 is 0 Å². The molecule has 168 valence electrons. The van der Waals surface area contributed by atoms with E-state index >= 15 is 0 Å². The molecule has 0 aliphatic heterocycles. The van der Waals surface area contributed by atoms with E-state index in [0.717, 1.165) is 22.4 Å². The van der Waals surface area contributed by atoms with E-state index in [1.807, 2.05) is 61.5 Å². The van der Waals surface area contributed by atoms with Gasteiger partial charge in [0.15, 0.2) is 0 Å². The normalized spacial score (nSPS) is 12.2. The number of sulfonamides is 1. The second kappa shape index (κ2) is 10.9. The first-order valence-corrected chi connectivity index (χ1v) is 11.9. The monoisotopic (exact) mass is 452 g/mol. The second-order valence-electron chi connectivity index (χ2n) is 7.52. The van der Waals surface area contributed by atoms with Gasteiger partial charge in [0, 0.05) is 19.0 Å². The number of methoxy groups -OCH3 is 1. The summed E-state index contributed by atoms with van der Waals surface area (Å²) in [5, 5.41) is 2.89. The molecule has 0 aliphatic carbocycles. The lowest BCUT2D eigenvalue weighted by molar-refractivity contribution is -0.121. The molecule has 1 amide bonds. The van der Waals surface area contributed by atoms with Crippen molar-refractivity contribution in [3.63, 3.8) is 0 Å². The van der Waals surface area contributed by atoms with E-state index < -0.39 is 10.0 Å². The van der Waals surface area contributed by atoms with Crippen LogP contribution < -0.4 is 14.8 Å². The SMILES string of the molecule is COc1ccc(CNC(=O)CCc2ccc(S(=O)(=O)N[C@H](C)c3ccccc3)cc2)cc1. The number of ether oxygens (including phenoxy) is 1. The van der Waals surface area contributed by atoms with Gasteiger partial charge in [-0.15, -0.1) is 0 Å². The molecule has 0 fully saturated rings. The molecule has 3 aromatic rings. The van der Waals surface area contributed by atoms with Crippen LogP contribution in [-0.2, 0) is 27.8 Å². The third-order valence-corrected chi connectivity index (χ3v) is 6.71. The van der Waals surface area contributed by atoms with E-state index in [1.165, 1.54) is 0 Å². The fraction of sp³-hybridized carbons (Fsp3) is 0.240. The van der Waals surface area contributed by atoms with Gasteiger partial charge in [-0.25, -0.2) is 13.1 Å². The number of hydrogen-bond acceptors (Lipinski definition) is 4. The third kappa shape index (κ3) is 6.67. The van der Waals surface area contributed by atoms with Crippen molar-refractivity contribution >= 4 is 15.9 Å². The van der Waals surface area contributed by atoms with Gasteiger partial charge in [0.25, 0.3) is 0 Å². The molecule has 0 spiro atoms. The first kappa shape index (κ1) is 23.5. The van der Waals surface area contributed by atoms with Crippen LogP contribution in [0.25, 0.3) is 0 Å². The van der Waals surface area contributed by atoms with Gasteiger partial charge in [-0.05, 0) is 54.3 Å². The minimum Gasteiger partial charge on any atom is -0.497 e. The predicted octanol–water partition coefficient (Wildman–Crippen LogP) is 3.98. The number of carbonyl (C=O) groups is 1. The largest absolute Gasteiger partial charge is 0.497 e. The molecule has 2 N–H and O–H groups in total. The van der Waals surface area contributed by atoms with Gasteiger partial charge in [-0.3, -0.25) is 4.79 Å². The number of amides is 1. The number of nitrogens with one attached hydrogen (secondary N) is 2. The van der Waals surface area contributed by atoms with Gasteiger partial charge in [-0.1, -0.05) is 54.6 Å². The van der Waals surface area contributed by atoms with E-state index in [-0.39, 0.29) is 16.8 Å². The maximum Gasteiger partial charge on any atom is 0.241 e. The van der Waals surface area contributed by atoms with Gasteiger partial charge in [0.05, 0.1) is 12.0 Å². The van der Waals surface area contributed by atoms with Crippen molar-refractivity contribution in [1.82, 2.24) is 10.0 Å². The molecule has 0 aliphatic rings. The quantitative estimate of drug-likeness (QED) is 0.487. The summed E-state index contributed by atoms with van der Waals surface area (Å²) in [4.78, 5) is 12.4. The summed E-state index contributed by atoms with van der Waals surface area (Å²) in [5.41, 5.74) is 2.79. The van der Waals surface area contributed by atoms with Crippen molar-refractivity contribution in [3.8, 4) is 5.75 Å². The predicted molar refractivity (Wildman–Crippen MR) is 125 cm³/mol. The van der Waals surface area contributed by atoms with E-state index in [2.05, 4.69) is 10.0 Å². The molecule has 6 nitrogen and oxygen atoms in total. The molecule has 1 atom stereocenters. The number of rotatable bonds is 10. The van der Waals surface area contributed by atoms with Crippen LogP contribution in [0.1, 0.15) is 36.1 Å². The van der Waals surface area contributed by atoms with Crippen LogP contribution in [0.5, 0.6) is 5.75 Å². The highest BCUT2D eigenvalue weighted by Crippen LogP contribution is 2.18. The van der Waals surface area contributed by atoms with Gasteiger partial charge in [0.1, 0.15) is 5.75 Å². The maximum atomic E-state index is 12.7. The number of aryl methyl sites for hydroxylation is 1. The molecule has 32 heavy (non-hydrogen) atoms. The van der Waals surface area contributed by atoms with Crippen molar-refractivity contribution in [2.24, 2.45) is 0 Å². The molecular formula is C25H28N2O4S. The van der Waals surface area contributed by atoms with Crippen molar-refractivity contribution in [1.29, 1.82) is 0 Å². The van der Waals surface area contributed by atoms with Crippen molar-refractivity contribution in [3.05, 3.63) is 95.6 Å². The van der Waals surface area contributed by atoms with E-state index in [9.17, 15) is 13.2 Å². The Morgan fingerprint density at radius 1 is 0.906 bits per heavy atom. The highest BCUT2D eigenvalue weighted by atomic mass is 32.2. The molecule has 7 heteroatoms. The first-order valence-electron chi connectivity index (χ1n) is 10.4. The van der Waals surface area contributed by atoms with Crippen LogP contribution in [0.3, 0.4) is 0 Å². The van der Waals surface area contributed by atoms with Crippen molar-refractivity contribution < 1.29 is 17.9 Å². The first-order chi connectivity index (χ1) is 15.4. The summed E-state index contributed by atoms with van der Waals surface area (Å²) in [6.45, 7) is 2.26. The second-order valence-corrected chi connectivity index (χ2v) is 9.24. The fourth-order valence-corrected chi connectivity index (χ4v) is 4.47. The smallest absolute Gasteiger partial charge is 0.241 e. The number of carbonyl (C=O) groups excluding carboxylic acids is 1. The molecule has 0 aromatic heterocycles. The average Bonchev–Trinajstić information content (AvgIpc) is 2.82. The summed E-state index contributed by atoms with van der Waals surface area (Å²) in [5.74, 6) is 0.714. The molecule has 0 bridgehead atoms. The lowest BCUT2D eigenvalue weighted by Gasteiger charge is -2.15. The Morgan fingerprint density at radius 2 is 1.53 bits per heavy atom. The lowest BCUT2D eigenvalue weighted by Crippen LogP contribution is -2.26. The van der Waals surface area contributed by atoms with E-state index in [1.54, 1.807) is 31.4 Å². The van der Waals surface area contributed by atoms with Crippen molar-refractivity contribution in [2.75, 3.05) is 7.11 Å². The van der Waals surface area contributed by atoms with Gasteiger partial charge < -0.3 is 10.1 Å². The Bertz CT molecular complexity index is 1110. The van der Waals surface area contributed by atoms with Gasteiger partial charge in [-0.2, -0.15) is 0 Å². The molecule has 0 saturated carbocycles. The Morgan fingerprint density at radius 3 is 2.16 bits per heavy atom. The van der Waals surface area contributed by atoms with Crippen LogP contribution in [0.15, 0.2) is 83.8 Å². The van der Waals surface area contributed by atoms with Crippen LogP contribution in [0.2, 0.25) is 0 Å². The Hall–Kier alpha value is -3.16. The summed E-state index contributed by atoms with van der Waals surface area (Å²) < 4.78 is 33.2. The van der Waals surface area contributed by atoms with E-state index in [4.69, 9.17) is 4.74 Å². The Labute approximate surface area is 189 Å². The highest BCUT2D eigenvalue weighted by Gasteiger charge is 2.18. The zero-order valence-corrected chi connectivity index (χ0v) is 19.1. The number of hydrogen-bond donors (Lipinski definition) is 2. The van der Waals surface area contributed by atoms with Crippen molar-refractivity contribution in [2.45, 2.75) is 37.2 Å². The molecule has 0 radical (unpaired) electrons. The minimum atomic E-state index is -3.64. The average molecular weight is 453 g/mol. The Balaban J connectivity index is 1.49. The Kier molecular flexibility index (Phi) is 8.03. The molecule has 0 unspecified atom stereocenters. The molecule has 0 saturated heterocycles. The number of benzene rings is 3. The molecule has 3 rings (SSSR count).